The minimum absolute atomic E-state index is 0.298. The van der Waals surface area contributed by atoms with Gasteiger partial charge < -0.3 is 9.84 Å². The van der Waals surface area contributed by atoms with Crippen molar-refractivity contribution in [3.63, 3.8) is 0 Å². The molecule has 0 aromatic heterocycles. The molecule has 0 amide bonds. The van der Waals surface area contributed by atoms with Crippen LogP contribution in [0.4, 0.5) is 0 Å². The maximum Gasteiger partial charge on any atom is 0.345 e. The van der Waals surface area contributed by atoms with Gasteiger partial charge in [0.2, 0.25) is 0 Å². The van der Waals surface area contributed by atoms with Crippen LogP contribution in [-0.2, 0) is 11.2 Å². The molecule has 0 aliphatic carbocycles. The lowest BCUT2D eigenvalue weighted by Crippen LogP contribution is -2.30. The average Bonchev–Trinajstić information content (AvgIpc) is 2.42. The van der Waals surface area contributed by atoms with Crippen molar-refractivity contribution in [1.29, 1.82) is 0 Å². The maximum atomic E-state index is 11.4. The fraction of sp³-hybridized carbons (Fsp3) is 0.235. The van der Waals surface area contributed by atoms with Gasteiger partial charge in [0.15, 0.2) is 6.10 Å². The van der Waals surface area contributed by atoms with Crippen molar-refractivity contribution in [3.05, 3.63) is 64.2 Å². The first-order valence-corrected chi connectivity index (χ1v) is 7.05. The zero-order chi connectivity index (χ0) is 15.4. The van der Waals surface area contributed by atoms with E-state index in [1.54, 1.807) is 12.1 Å². The number of aliphatic carboxylic acids is 1. The largest absolute Gasteiger partial charge is 0.478 e. The van der Waals surface area contributed by atoms with Crippen molar-refractivity contribution >= 4 is 17.6 Å². The second kappa shape index (κ2) is 6.64. The molecule has 0 spiro atoms. The lowest BCUT2D eigenvalue weighted by molar-refractivity contribution is -0.145. The fourth-order valence-corrected chi connectivity index (χ4v) is 2.34. The topological polar surface area (TPSA) is 46.5 Å². The van der Waals surface area contributed by atoms with Gasteiger partial charge in [0, 0.05) is 11.4 Å². The Hall–Kier alpha value is -2.00. The molecule has 1 atom stereocenters. The van der Waals surface area contributed by atoms with Gasteiger partial charge in [-0.25, -0.2) is 4.79 Å². The molecule has 0 fully saturated rings. The van der Waals surface area contributed by atoms with E-state index in [9.17, 15) is 9.90 Å². The minimum Gasteiger partial charge on any atom is -0.478 e. The molecular formula is C17H17ClO3. The average molecular weight is 305 g/mol. The van der Waals surface area contributed by atoms with Crippen molar-refractivity contribution in [2.75, 3.05) is 0 Å². The number of hydrogen-bond acceptors (Lipinski definition) is 2. The van der Waals surface area contributed by atoms with Crippen molar-refractivity contribution in [1.82, 2.24) is 0 Å². The standard InChI is InChI=1S/C17H17ClO3/c1-11-5-3-4-6-15(11)21-16(17(19)20)10-13-7-8-14(18)9-12(13)2/h3-9,16H,10H2,1-2H3,(H,19,20)/t16-/m1/s1. The zero-order valence-electron chi connectivity index (χ0n) is 12.0. The fourth-order valence-electron chi connectivity index (χ4n) is 2.11. The zero-order valence-corrected chi connectivity index (χ0v) is 12.7. The molecule has 1 N–H and O–H groups in total. The second-order valence-electron chi connectivity index (χ2n) is 4.99. The molecule has 110 valence electrons. The molecule has 2 rings (SSSR count). The van der Waals surface area contributed by atoms with E-state index in [-0.39, 0.29) is 0 Å². The quantitative estimate of drug-likeness (QED) is 0.907. The maximum absolute atomic E-state index is 11.4. The Morgan fingerprint density at radius 2 is 1.90 bits per heavy atom. The van der Waals surface area contributed by atoms with E-state index >= 15 is 0 Å². The van der Waals surface area contributed by atoms with Gasteiger partial charge in [0.05, 0.1) is 0 Å². The van der Waals surface area contributed by atoms with Gasteiger partial charge in [-0.3, -0.25) is 0 Å². The summed E-state index contributed by atoms with van der Waals surface area (Å²) in [6, 6.07) is 12.8. The first kappa shape index (κ1) is 15.4. The van der Waals surface area contributed by atoms with Gasteiger partial charge in [-0.1, -0.05) is 35.9 Å². The molecule has 0 saturated heterocycles. The summed E-state index contributed by atoms with van der Waals surface area (Å²) in [5, 5.41) is 10.0. The van der Waals surface area contributed by atoms with Gasteiger partial charge in [0.1, 0.15) is 5.75 Å². The molecule has 0 heterocycles. The van der Waals surface area contributed by atoms with E-state index in [0.29, 0.717) is 17.2 Å². The van der Waals surface area contributed by atoms with Gasteiger partial charge in [-0.2, -0.15) is 0 Å². The van der Waals surface area contributed by atoms with E-state index in [4.69, 9.17) is 16.3 Å². The molecule has 2 aromatic carbocycles. The first-order chi connectivity index (χ1) is 9.97. The van der Waals surface area contributed by atoms with Gasteiger partial charge >= 0.3 is 5.97 Å². The number of benzene rings is 2. The van der Waals surface area contributed by atoms with Crippen LogP contribution in [0.2, 0.25) is 5.02 Å². The highest BCUT2D eigenvalue weighted by molar-refractivity contribution is 6.30. The number of ether oxygens (including phenoxy) is 1. The lowest BCUT2D eigenvalue weighted by Gasteiger charge is -2.17. The number of carbonyl (C=O) groups is 1. The Balaban J connectivity index is 2.20. The number of carboxylic acids is 1. The molecular weight excluding hydrogens is 288 g/mol. The van der Waals surface area contributed by atoms with E-state index in [0.717, 1.165) is 16.7 Å². The summed E-state index contributed by atoms with van der Waals surface area (Å²) < 4.78 is 5.66. The van der Waals surface area contributed by atoms with E-state index in [1.165, 1.54) is 0 Å². The van der Waals surface area contributed by atoms with E-state index in [1.807, 2.05) is 44.2 Å². The van der Waals surface area contributed by atoms with Crippen LogP contribution in [0.15, 0.2) is 42.5 Å². The summed E-state index contributed by atoms with van der Waals surface area (Å²) >= 11 is 5.92. The van der Waals surface area contributed by atoms with Crippen LogP contribution in [0.25, 0.3) is 0 Å². The van der Waals surface area contributed by atoms with Crippen LogP contribution < -0.4 is 4.74 Å². The SMILES string of the molecule is Cc1cc(Cl)ccc1C[C@@H](Oc1ccccc1C)C(=O)O. The van der Waals surface area contributed by atoms with Crippen molar-refractivity contribution < 1.29 is 14.6 Å². The number of aryl methyl sites for hydroxylation is 2. The molecule has 0 unspecified atom stereocenters. The van der Waals surface area contributed by atoms with E-state index < -0.39 is 12.1 Å². The van der Waals surface area contributed by atoms with Crippen molar-refractivity contribution in [3.8, 4) is 5.75 Å². The summed E-state index contributed by atoms with van der Waals surface area (Å²) in [5.41, 5.74) is 2.79. The normalized spacial score (nSPS) is 12.0. The van der Waals surface area contributed by atoms with Crippen LogP contribution in [0.5, 0.6) is 5.75 Å². The summed E-state index contributed by atoms with van der Waals surface area (Å²) in [6.45, 7) is 3.80. The van der Waals surface area contributed by atoms with Crippen molar-refractivity contribution in [2.24, 2.45) is 0 Å². The minimum atomic E-state index is -0.979. The molecule has 0 radical (unpaired) electrons. The summed E-state index contributed by atoms with van der Waals surface area (Å²) in [5.74, 6) is -0.385. The molecule has 2 aromatic rings. The van der Waals surface area contributed by atoms with Gasteiger partial charge in [-0.05, 0) is 48.7 Å². The molecule has 4 heteroatoms. The predicted molar refractivity (Wildman–Crippen MR) is 83.1 cm³/mol. The second-order valence-corrected chi connectivity index (χ2v) is 5.42. The number of rotatable bonds is 5. The first-order valence-electron chi connectivity index (χ1n) is 6.67. The van der Waals surface area contributed by atoms with Crippen LogP contribution >= 0.6 is 11.6 Å². The predicted octanol–water partition coefficient (Wildman–Crippen LogP) is 4.03. The van der Waals surface area contributed by atoms with Crippen LogP contribution in [0.3, 0.4) is 0 Å². The molecule has 0 bridgehead atoms. The number of carboxylic acid groups (broad SMARTS) is 1. The van der Waals surface area contributed by atoms with Crippen molar-refractivity contribution in [2.45, 2.75) is 26.4 Å². The van der Waals surface area contributed by atoms with Crippen LogP contribution in [-0.4, -0.2) is 17.2 Å². The third kappa shape index (κ3) is 3.99. The number of halogens is 1. The van der Waals surface area contributed by atoms with Crippen LogP contribution in [0, 0.1) is 13.8 Å². The molecule has 3 nitrogen and oxygen atoms in total. The van der Waals surface area contributed by atoms with Gasteiger partial charge in [0.25, 0.3) is 0 Å². The van der Waals surface area contributed by atoms with Gasteiger partial charge in [-0.15, -0.1) is 0 Å². The monoisotopic (exact) mass is 304 g/mol. The Kier molecular flexibility index (Phi) is 4.86. The third-order valence-electron chi connectivity index (χ3n) is 3.35. The Bertz CT molecular complexity index is 652. The smallest absolute Gasteiger partial charge is 0.345 e. The molecule has 0 aliphatic rings. The summed E-state index contributed by atoms with van der Waals surface area (Å²) in [7, 11) is 0. The molecule has 0 aliphatic heterocycles. The number of hydrogen-bond donors (Lipinski definition) is 1. The Morgan fingerprint density at radius 1 is 1.19 bits per heavy atom. The highest BCUT2D eigenvalue weighted by atomic mass is 35.5. The highest BCUT2D eigenvalue weighted by Gasteiger charge is 2.21. The highest BCUT2D eigenvalue weighted by Crippen LogP contribution is 2.21. The molecule has 0 saturated carbocycles. The Labute approximate surface area is 129 Å². The third-order valence-corrected chi connectivity index (χ3v) is 3.58. The molecule has 21 heavy (non-hydrogen) atoms. The Morgan fingerprint density at radius 3 is 2.52 bits per heavy atom. The van der Waals surface area contributed by atoms with E-state index in [2.05, 4.69) is 0 Å². The summed E-state index contributed by atoms with van der Waals surface area (Å²) in [6.07, 6.45) is -0.627. The summed E-state index contributed by atoms with van der Waals surface area (Å²) in [4.78, 5) is 11.4. The lowest BCUT2D eigenvalue weighted by atomic mass is 10.0. The number of para-hydroxylation sites is 1. The van der Waals surface area contributed by atoms with Crippen LogP contribution in [0.1, 0.15) is 16.7 Å².